The van der Waals surface area contributed by atoms with Gasteiger partial charge in [-0.05, 0) is 29.8 Å². The van der Waals surface area contributed by atoms with Gasteiger partial charge in [-0.25, -0.2) is 0 Å². The number of carbonyl (C=O) groups excluding carboxylic acids is 2. The van der Waals surface area contributed by atoms with Gasteiger partial charge in [0, 0.05) is 5.39 Å². The summed E-state index contributed by atoms with van der Waals surface area (Å²) in [5, 5.41) is 3.42. The van der Waals surface area contributed by atoms with Crippen molar-refractivity contribution in [3.8, 4) is 11.5 Å². The lowest BCUT2D eigenvalue weighted by molar-refractivity contribution is -0.146. The molecule has 0 radical (unpaired) electrons. The summed E-state index contributed by atoms with van der Waals surface area (Å²) >= 11 is 0. The zero-order valence-corrected chi connectivity index (χ0v) is 14.8. The molecule has 0 amide bonds. The van der Waals surface area contributed by atoms with Crippen molar-refractivity contribution in [2.75, 3.05) is 13.7 Å². The van der Waals surface area contributed by atoms with Crippen LogP contribution in [-0.4, -0.2) is 25.7 Å². The summed E-state index contributed by atoms with van der Waals surface area (Å²) in [5.41, 5.74) is 0. The van der Waals surface area contributed by atoms with Gasteiger partial charge < -0.3 is 14.2 Å². The molecule has 0 spiro atoms. The lowest BCUT2D eigenvalue weighted by atomic mass is 10.0. The predicted molar refractivity (Wildman–Crippen MR) is 99.5 cm³/mol. The third-order valence-corrected chi connectivity index (χ3v) is 4.08. The van der Waals surface area contributed by atoms with E-state index in [1.807, 2.05) is 48.5 Å². The first-order valence-electron chi connectivity index (χ1n) is 8.48. The quantitative estimate of drug-likeness (QED) is 0.377. The van der Waals surface area contributed by atoms with E-state index in [-0.39, 0.29) is 12.8 Å². The SMILES string of the molecule is CCOC(=O)CCC(=O)Oc1c2ccccc2cc2cccc(OC)c12. The Labute approximate surface area is 151 Å². The molecule has 0 N–H and O–H groups in total. The van der Waals surface area contributed by atoms with Gasteiger partial charge in [0.2, 0.25) is 0 Å². The molecular weight excluding hydrogens is 332 g/mol. The van der Waals surface area contributed by atoms with Gasteiger partial charge in [0.25, 0.3) is 0 Å². The third-order valence-electron chi connectivity index (χ3n) is 4.08. The minimum atomic E-state index is -0.485. The predicted octanol–water partition coefficient (Wildman–Crippen LogP) is 4.25. The lowest BCUT2D eigenvalue weighted by Crippen LogP contribution is -2.12. The summed E-state index contributed by atoms with van der Waals surface area (Å²) in [6.45, 7) is 2.02. The van der Waals surface area contributed by atoms with Crippen LogP contribution in [0.5, 0.6) is 11.5 Å². The molecule has 134 valence electrons. The highest BCUT2D eigenvalue weighted by Crippen LogP contribution is 2.40. The van der Waals surface area contributed by atoms with Gasteiger partial charge in [-0.1, -0.05) is 36.4 Å². The highest BCUT2D eigenvalue weighted by Gasteiger charge is 2.17. The highest BCUT2D eigenvalue weighted by atomic mass is 16.5. The number of methoxy groups -OCH3 is 1. The number of hydrogen-bond acceptors (Lipinski definition) is 5. The molecule has 0 unspecified atom stereocenters. The fourth-order valence-electron chi connectivity index (χ4n) is 2.92. The summed E-state index contributed by atoms with van der Waals surface area (Å²) in [6, 6.07) is 15.4. The van der Waals surface area contributed by atoms with E-state index >= 15 is 0 Å². The van der Waals surface area contributed by atoms with Crippen LogP contribution in [0.3, 0.4) is 0 Å². The second-order valence-corrected chi connectivity index (χ2v) is 5.76. The van der Waals surface area contributed by atoms with Crippen LogP contribution in [0.4, 0.5) is 0 Å². The molecule has 5 nitrogen and oxygen atoms in total. The van der Waals surface area contributed by atoms with E-state index in [1.165, 1.54) is 0 Å². The zero-order chi connectivity index (χ0) is 18.5. The maximum Gasteiger partial charge on any atom is 0.311 e. The van der Waals surface area contributed by atoms with Crippen LogP contribution >= 0.6 is 0 Å². The fraction of sp³-hybridized carbons (Fsp3) is 0.238. The Balaban J connectivity index is 2.01. The van der Waals surface area contributed by atoms with Crippen molar-refractivity contribution < 1.29 is 23.8 Å². The molecule has 0 bridgehead atoms. The number of esters is 2. The largest absolute Gasteiger partial charge is 0.496 e. The molecule has 0 heterocycles. The van der Waals surface area contributed by atoms with E-state index in [9.17, 15) is 9.59 Å². The molecule has 5 heteroatoms. The van der Waals surface area contributed by atoms with Crippen molar-refractivity contribution in [3.63, 3.8) is 0 Å². The summed E-state index contributed by atoms with van der Waals surface area (Å²) in [5.74, 6) is 0.178. The van der Waals surface area contributed by atoms with Gasteiger partial charge in [-0.3, -0.25) is 9.59 Å². The normalized spacial score (nSPS) is 10.7. The fourth-order valence-corrected chi connectivity index (χ4v) is 2.92. The van der Waals surface area contributed by atoms with Gasteiger partial charge in [0.1, 0.15) is 11.5 Å². The minimum absolute atomic E-state index is 0.00743. The molecule has 0 aliphatic rings. The molecule has 3 aromatic rings. The van der Waals surface area contributed by atoms with E-state index < -0.39 is 11.9 Å². The molecule has 0 aliphatic carbocycles. The van der Waals surface area contributed by atoms with Gasteiger partial charge in [-0.2, -0.15) is 0 Å². The summed E-state index contributed by atoms with van der Waals surface area (Å²) in [7, 11) is 1.58. The molecule has 0 aromatic heterocycles. The number of carbonyl (C=O) groups is 2. The van der Waals surface area contributed by atoms with Crippen molar-refractivity contribution in [3.05, 3.63) is 48.5 Å². The molecule has 0 saturated heterocycles. The number of ether oxygens (including phenoxy) is 3. The average Bonchev–Trinajstić information content (AvgIpc) is 2.65. The molecular formula is C21H20O5. The maximum absolute atomic E-state index is 12.3. The Bertz CT molecular complexity index is 961. The zero-order valence-electron chi connectivity index (χ0n) is 14.8. The van der Waals surface area contributed by atoms with Gasteiger partial charge in [0.15, 0.2) is 0 Å². The molecule has 3 rings (SSSR count). The first-order chi connectivity index (χ1) is 12.6. The van der Waals surface area contributed by atoms with E-state index in [0.29, 0.717) is 18.1 Å². The van der Waals surface area contributed by atoms with E-state index in [2.05, 4.69) is 0 Å². The molecule has 0 saturated carbocycles. The topological polar surface area (TPSA) is 61.8 Å². The van der Waals surface area contributed by atoms with Crippen LogP contribution < -0.4 is 9.47 Å². The summed E-state index contributed by atoms with van der Waals surface area (Å²) < 4.78 is 16.0. The second-order valence-electron chi connectivity index (χ2n) is 5.76. The van der Waals surface area contributed by atoms with E-state index in [4.69, 9.17) is 14.2 Å². The van der Waals surface area contributed by atoms with Crippen molar-refractivity contribution in [2.24, 2.45) is 0 Å². The molecule has 0 fully saturated rings. The first kappa shape index (κ1) is 17.7. The standard InChI is InChI=1S/C21H20O5/c1-3-25-18(22)11-12-19(23)26-21-16-9-5-4-7-14(16)13-15-8-6-10-17(24-2)20(15)21/h4-10,13H,3,11-12H2,1-2H3. The second kappa shape index (κ2) is 7.87. The Morgan fingerprint density at radius 1 is 0.923 bits per heavy atom. The van der Waals surface area contributed by atoms with E-state index in [0.717, 1.165) is 21.5 Å². The Hall–Kier alpha value is -3.08. The van der Waals surface area contributed by atoms with Crippen LogP contribution in [0.1, 0.15) is 19.8 Å². The van der Waals surface area contributed by atoms with Gasteiger partial charge in [0.05, 0.1) is 31.9 Å². The monoisotopic (exact) mass is 352 g/mol. The van der Waals surface area contributed by atoms with Gasteiger partial charge in [-0.15, -0.1) is 0 Å². The Morgan fingerprint density at radius 3 is 2.42 bits per heavy atom. The van der Waals surface area contributed by atoms with Crippen molar-refractivity contribution in [1.82, 2.24) is 0 Å². The highest BCUT2D eigenvalue weighted by molar-refractivity contribution is 6.09. The van der Waals surface area contributed by atoms with Crippen LogP contribution in [0.25, 0.3) is 21.5 Å². The van der Waals surface area contributed by atoms with Crippen molar-refractivity contribution >= 4 is 33.5 Å². The maximum atomic E-state index is 12.3. The number of benzene rings is 3. The third kappa shape index (κ3) is 3.61. The Morgan fingerprint density at radius 2 is 1.65 bits per heavy atom. The molecule has 0 aliphatic heterocycles. The van der Waals surface area contributed by atoms with Crippen molar-refractivity contribution in [1.29, 1.82) is 0 Å². The molecule has 0 atom stereocenters. The molecule has 26 heavy (non-hydrogen) atoms. The van der Waals surface area contributed by atoms with Crippen LogP contribution in [-0.2, 0) is 14.3 Å². The Kier molecular flexibility index (Phi) is 5.37. The summed E-state index contributed by atoms with van der Waals surface area (Å²) in [6.07, 6.45) is -0.0504. The van der Waals surface area contributed by atoms with E-state index in [1.54, 1.807) is 14.0 Å². The minimum Gasteiger partial charge on any atom is -0.496 e. The van der Waals surface area contributed by atoms with Crippen LogP contribution in [0.2, 0.25) is 0 Å². The number of hydrogen-bond donors (Lipinski definition) is 0. The van der Waals surface area contributed by atoms with Crippen LogP contribution in [0.15, 0.2) is 48.5 Å². The average molecular weight is 352 g/mol. The molecule has 3 aromatic carbocycles. The summed E-state index contributed by atoms with van der Waals surface area (Å²) in [4.78, 5) is 23.8. The van der Waals surface area contributed by atoms with Crippen LogP contribution in [0, 0.1) is 0 Å². The van der Waals surface area contributed by atoms with Gasteiger partial charge >= 0.3 is 11.9 Å². The smallest absolute Gasteiger partial charge is 0.311 e. The van der Waals surface area contributed by atoms with Crippen molar-refractivity contribution in [2.45, 2.75) is 19.8 Å². The number of fused-ring (bicyclic) bond motifs is 2. The number of rotatable bonds is 6. The lowest BCUT2D eigenvalue weighted by Gasteiger charge is -2.14. The first-order valence-corrected chi connectivity index (χ1v) is 8.48.